The molecular weight excluding hydrogens is 399 g/mol. The second-order valence-electron chi connectivity index (χ2n) is 8.50. The van der Waals surface area contributed by atoms with Crippen molar-refractivity contribution in [3.63, 3.8) is 0 Å². The summed E-state index contributed by atoms with van der Waals surface area (Å²) >= 11 is 0. The molecule has 2 aromatic rings. The van der Waals surface area contributed by atoms with E-state index in [1.54, 1.807) is 24.0 Å². The van der Waals surface area contributed by atoms with Crippen LogP contribution in [0, 0.1) is 17.7 Å². The number of hydrogen-bond donors (Lipinski definition) is 1. The molecule has 1 aromatic heterocycles. The van der Waals surface area contributed by atoms with Crippen LogP contribution in [-0.4, -0.2) is 66.0 Å². The standard InChI is InChI=1S/C23H29FN4O3/c1-16(29)27-8-10-28(11-9-27)23(30)13-18-6-7-25-15-19(18)12-21-14-22(31-26-21)17-2-4-20(24)5-3-17/h2-5,14,18-19,25H,6-13,15H2,1H3. The van der Waals surface area contributed by atoms with E-state index in [4.69, 9.17) is 4.52 Å². The van der Waals surface area contributed by atoms with Gasteiger partial charge in [-0.15, -0.1) is 0 Å². The fraction of sp³-hybridized carbons (Fsp3) is 0.522. The predicted octanol–water partition coefficient (Wildman–Crippen LogP) is 2.33. The van der Waals surface area contributed by atoms with Gasteiger partial charge in [0.1, 0.15) is 5.82 Å². The Morgan fingerprint density at radius 3 is 2.55 bits per heavy atom. The van der Waals surface area contributed by atoms with Gasteiger partial charge in [-0.05, 0) is 62.0 Å². The predicted molar refractivity (Wildman–Crippen MR) is 114 cm³/mol. The molecule has 2 aliphatic heterocycles. The molecule has 1 aromatic carbocycles. The number of carbonyl (C=O) groups excluding carboxylic acids is 2. The lowest BCUT2D eigenvalue weighted by atomic mass is 9.81. The highest BCUT2D eigenvalue weighted by atomic mass is 19.1. The third-order valence-corrected chi connectivity index (χ3v) is 6.44. The summed E-state index contributed by atoms with van der Waals surface area (Å²) in [5, 5.41) is 7.64. The van der Waals surface area contributed by atoms with Gasteiger partial charge >= 0.3 is 0 Å². The second-order valence-corrected chi connectivity index (χ2v) is 8.50. The van der Waals surface area contributed by atoms with E-state index in [-0.39, 0.29) is 23.5 Å². The molecule has 0 spiro atoms. The van der Waals surface area contributed by atoms with Gasteiger partial charge in [0.25, 0.3) is 0 Å². The van der Waals surface area contributed by atoms with Gasteiger partial charge in [-0.25, -0.2) is 4.39 Å². The van der Waals surface area contributed by atoms with Gasteiger partial charge in [0.2, 0.25) is 11.8 Å². The lowest BCUT2D eigenvalue weighted by molar-refractivity contribution is -0.139. The highest BCUT2D eigenvalue weighted by Crippen LogP contribution is 2.29. The van der Waals surface area contributed by atoms with E-state index in [0.717, 1.165) is 37.2 Å². The molecule has 0 saturated carbocycles. The molecule has 2 atom stereocenters. The van der Waals surface area contributed by atoms with Crippen molar-refractivity contribution in [1.29, 1.82) is 0 Å². The first-order valence-electron chi connectivity index (χ1n) is 10.9. The largest absolute Gasteiger partial charge is 0.356 e. The number of nitrogens with one attached hydrogen (secondary N) is 1. The van der Waals surface area contributed by atoms with Crippen molar-refractivity contribution in [2.24, 2.45) is 11.8 Å². The Balaban J connectivity index is 1.35. The van der Waals surface area contributed by atoms with E-state index < -0.39 is 0 Å². The Morgan fingerprint density at radius 2 is 1.84 bits per heavy atom. The first-order valence-corrected chi connectivity index (χ1v) is 10.9. The van der Waals surface area contributed by atoms with Crippen molar-refractivity contribution >= 4 is 11.8 Å². The summed E-state index contributed by atoms with van der Waals surface area (Å²) in [5.74, 6) is 1.15. The first-order chi connectivity index (χ1) is 15.0. The number of rotatable bonds is 5. The average molecular weight is 429 g/mol. The van der Waals surface area contributed by atoms with Gasteiger partial charge in [0.15, 0.2) is 5.76 Å². The fourth-order valence-electron chi connectivity index (χ4n) is 4.54. The van der Waals surface area contributed by atoms with E-state index in [0.29, 0.717) is 44.3 Å². The average Bonchev–Trinajstić information content (AvgIpc) is 3.24. The van der Waals surface area contributed by atoms with Crippen LogP contribution in [-0.2, 0) is 16.0 Å². The maximum atomic E-state index is 13.2. The monoisotopic (exact) mass is 428 g/mol. The molecule has 2 aliphatic rings. The summed E-state index contributed by atoms with van der Waals surface area (Å²) in [6.07, 6.45) is 2.20. The smallest absolute Gasteiger partial charge is 0.222 e. The van der Waals surface area contributed by atoms with Crippen molar-refractivity contribution in [3.05, 3.63) is 41.8 Å². The van der Waals surface area contributed by atoms with E-state index in [1.807, 2.05) is 11.0 Å². The molecule has 31 heavy (non-hydrogen) atoms. The SMILES string of the molecule is CC(=O)N1CCN(C(=O)CC2CCNCC2Cc2cc(-c3ccc(F)cc3)on2)CC1. The first kappa shape index (κ1) is 21.5. The summed E-state index contributed by atoms with van der Waals surface area (Å²) in [7, 11) is 0. The molecule has 8 heteroatoms. The molecule has 1 N–H and O–H groups in total. The molecule has 2 saturated heterocycles. The highest BCUT2D eigenvalue weighted by molar-refractivity contribution is 5.77. The Bertz CT molecular complexity index is 906. The maximum absolute atomic E-state index is 13.2. The number of aromatic nitrogens is 1. The van der Waals surface area contributed by atoms with Crippen LogP contribution in [0.4, 0.5) is 4.39 Å². The van der Waals surface area contributed by atoms with Crippen molar-refractivity contribution in [2.45, 2.75) is 26.2 Å². The normalized spacial score (nSPS) is 21.9. The van der Waals surface area contributed by atoms with Crippen LogP contribution in [0.15, 0.2) is 34.9 Å². The molecule has 7 nitrogen and oxygen atoms in total. The van der Waals surface area contributed by atoms with Gasteiger partial charge in [-0.3, -0.25) is 9.59 Å². The lowest BCUT2D eigenvalue weighted by Crippen LogP contribution is -2.51. The fourth-order valence-corrected chi connectivity index (χ4v) is 4.54. The zero-order valence-electron chi connectivity index (χ0n) is 17.8. The van der Waals surface area contributed by atoms with E-state index >= 15 is 0 Å². The lowest BCUT2D eigenvalue weighted by Gasteiger charge is -2.37. The van der Waals surface area contributed by atoms with Crippen LogP contribution in [0.2, 0.25) is 0 Å². The Kier molecular flexibility index (Phi) is 6.65. The van der Waals surface area contributed by atoms with Gasteiger partial charge in [-0.2, -0.15) is 0 Å². The Hall–Kier alpha value is -2.74. The summed E-state index contributed by atoms with van der Waals surface area (Å²) < 4.78 is 18.6. The molecule has 0 bridgehead atoms. The number of halogens is 1. The number of hydrogen-bond acceptors (Lipinski definition) is 5. The van der Waals surface area contributed by atoms with Crippen LogP contribution < -0.4 is 5.32 Å². The van der Waals surface area contributed by atoms with Crippen LogP contribution in [0.3, 0.4) is 0 Å². The molecule has 0 radical (unpaired) electrons. The quantitative estimate of drug-likeness (QED) is 0.791. The van der Waals surface area contributed by atoms with Gasteiger partial charge in [0.05, 0.1) is 5.69 Å². The summed E-state index contributed by atoms with van der Waals surface area (Å²) in [4.78, 5) is 28.1. The molecule has 2 fully saturated rings. The molecule has 2 amide bonds. The van der Waals surface area contributed by atoms with Crippen molar-refractivity contribution in [1.82, 2.24) is 20.3 Å². The summed E-state index contributed by atoms with van der Waals surface area (Å²) in [6.45, 7) is 5.77. The number of benzene rings is 1. The third kappa shape index (κ3) is 5.31. The molecular formula is C23H29FN4O3. The van der Waals surface area contributed by atoms with Crippen molar-refractivity contribution < 1.29 is 18.5 Å². The van der Waals surface area contributed by atoms with E-state index in [2.05, 4.69) is 10.5 Å². The second kappa shape index (κ2) is 9.60. The minimum atomic E-state index is -0.285. The van der Waals surface area contributed by atoms with Crippen LogP contribution in [0.25, 0.3) is 11.3 Å². The minimum Gasteiger partial charge on any atom is -0.356 e. The van der Waals surface area contributed by atoms with E-state index in [9.17, 15) is 14.0 Å². The van der Waals surface area contributed by atoms with E-state index in [1.165, 1.54) is 12.1 Å². The Labute approximate surface area is 181 Å². The number of nitrogens with zero attached hydrogens (tertiary/aromatic N) is 3. The van der Waals surface area contributed by atoms with Crippen LogP contribution in [0.1, 0.15) is 25.5 Å². The van der Waals surface area contributed by atoms with Crippen molar-refractivity contribution in [3.8, 4) is 11.3 Å². The summed E-state index contributed by atoms with van der Waals surface area (Å²) in [6, 6.07) is 8.06. The highest BCUT2D eigenvalue weighted by Gasteiger charge is 2.31. The van der Waals surface area contributed by atoms with Crippen LogP contribution in [0.5, 0.6) is 0 Å². The third-order valence-electron chi connectivity index (χ3n) is 6.44. The molecule has 2 unspecified atom stereocenters. The van der Waals surface area contributed by atoms with Gasteiger partial charge in [0, 0.05) is 51.2 Å². The van der Waals surface area contributed by atoms with Crippen molar-refractivity contribution in [2.75, 3.05) is 39.3 Å². The zero-order chi connectivity index (χ0) is 21.8. The molecule has 166 valence electrons. The number of carbonyl (C=O) groups is 2. The molecule has 3 heterocycles. The van der Waals surface area contributed by atoms with Gasteiger partial charge < -0.3 is 19.6 Å². The Morgan fingerprint density at radius 1 is 1.13 bits per heavy atom. The zero-order valence-corrected chi connectivity index (χ0v) is 17.8. The number of amides is 2. The number of piperidine rings is 1. The number of piperazine rings is 1. The molecule has 4 rings (SSSR count). The minimum absolute atomic E-state index is 0.0677. The topological polar surface area (TPSA) is 78.7 Å². The van der Waals surface area contributed by atoms with Crippen LogP contribution >= 0.6 is 0 Å². The maximum Gasteiger partial charge on any atom is 0.222 e. The summed E-state index contributed by atoms with van der Waals surface area (Å²) in [5.41, 5.74) is 1.64. The molecule has 0 aliphatic carbocycles. The van der Waals surface area contributed by atoms with Gasteiger partial charge in [-0.1, -0.05) is 5.16 Å².